The molecule has 0 aromatic heterocycles. The molecule has 0 amide bonds. The molecule has 2 rings (SSSR count). The number of nitrogens with one attached hydrogen (secondary N) is 1. The summed E-state index contributed by atoms with van der Waals surface area (Å²) >= 11 is 0. The third-order valence-corrected chi connectivity index (χ3v) is 4.95. The number of rotatable bonds is 8. The van der Waals surface area contributed by atoms with E-state index in [4.69, 9.17) is 4.74 Å². The Morgan fingerprint density at radius 1 is 1.29 bits per heavy atom. The number of hydrogen-bond donors (Lipinski definition) is 1. The van der Waals surface area contributed by atoms with Crippen LogP contribution in [-0.4, -0.2) is 26.8 Å². The van der Waals surface area contributed by atoms with Crippen molar-refractivity contribution >= 4 is 0 Å². The van der Waals surface area contributed by atoms with E-state index in [0.29, 0.717) is 0 Å². The third-order valence-electron chi connectivity index (χ3n) is 4.95. The molecule has 0 radical (unpaired) electrons. The van der Waals surface area contributed by atoms with E-state index >= 15 is 0 Å². The minimum Gasteiger partial charge on any atom is -0.383 e. The van der Waals surface area contributed by atoms with Crippen molar-refractivity contribution < 1.29 is 4.74 Å². The second-order valence-corrected chi connectivity index (χ2v) is 6.08. The topological polar surface area (TPSA) is 21.3 Å². The molecule has 2 nitrogen and oxygen atoms in total. The lowest BCUT2D eigenvalue weighted by Gasteiger charge is -2.30. The Bertz CT molecular complexity index is 219. The summed E-state index contributed by atoms with van der Waals surface area (Å²) in [6, 6.07) is 0. The highest BCUT2D eigenvalue weighted by Crippen LogP contribution is 2.51. The van der Waals surface area contributed by atoms with Crippen molar-refractivity contribution in [2.45, 2.75) is 45.4 Å². The molecule has 0 aromatic rings. The predicted molar refractivity (Wildman–Crippen MR) is 72.1 cm³/mol. The third kappa shape index (κ3) is 3.45. The zero-order valence-corrected chi connectivity index (χ0v) is 11.6. The maximum absolute atomic E-state index is 5.10. The molecule has 0 heterocycles. The van der Waals surface area contributed by atoms with Gasteiger partial charge in [0.15, 0.2) is 0 Å². The molecule has 17 heavy (non-hydrogen) atoms. The fraction of sp³-hybridized carbons (Fsp3) is 1.00. The molecule has 2 saturated carbocycles. The lowest BCUT2D eigenvalue weighted by molar-refractivity contribution is 0.182. The van der Waals surface area contributed by atoms with Gasteiger partial charge < -0.3 is 10.1 Å². The average molecular weight is 239 g/mol. The van der Waals surface area contributed by atoms with E-state index < -0.39 is 0 Å². The van der Waals surface area contributed by atoms with Gasteiger partial charge in [-0.25, -0.2) is 0 Å². The highest BCUT2D eigenvalue weighted by molar-refractivity contribution is 4.93. The standard InChI is InChI=1S/C15H29NO/c1-3-4-14(11-16-7-8-17-2)15-10-12-5-6-13(15)9-12/h12-16H,3-11H2,1-2H3. The summed E-state index contributed by atoms with van der Waals surface area (Å²) in [5.41, 5.74) is 0. The maximum atomic E-state index is 5.10. The molecular formula is C15H29NO. The summed E-state index contributed by atoms with van der Waals surface area (Å²) in [4.78, 5) is 0. The monoisotopic (exact) mass is 239 g/mol. The van der Waals surface area contributed by atoms with Crippen LogP contribution in [0.5, 0.6) is 0 Å². The molecule has 4 atom stereocenters. The molecule has 2 fully saturated rings. The molecular weight excluding hydrogens is 210 g/mol. The summed E-state index contributed by atoms with van der Waals surface area (Å²) in [5.74, 6) is 4.11. The quantitative estimate of drug-likeness (QED) is 0.657. The molecule has 2 aliphatic carbocycles. The summed E-state index contributed by atoms with van der Waals surface area (Å²) < 4.78 is 5.10. The molecule has 0 aromatic carbocycles. The Kier molecular flexibility index (Phi) is 5.30. The zero-order valence-electron chi connectivity index (χ0n) is 11.6. The molecule has 2 heteroatoms. The molecule has 0 saturated heterocycles. The van der Waals surface area contributed by atoms with Crippen molar-refractivity contribution in [3.63, 3.8) is 0 Å². The van der Waals surface area contributed by atoms with Gasteiger partial charge in [0, 0.05) is 13.7 Å². The van der Waals surface area contributed by atoms with Crippen LogP contribution in [0.3, 0.4) is 0 Å². The van der Waals surface area contributed by atoms with E-state index in [-0.39, 0.29) is 0 Å². The molecule has 100 valence electrons. The minimum atomic E-state index is 0.843. The first-order chi connectivity index (χ1) is 8.35. The normalized spacial score (nSPS) is 33.2. The maximum Gasteiger partial charge on any atom is 0.0587 e. The van der Waals surface area contributed by atoms with Gasteiger partial charge in [0.1, 0.15) is 0 Å². The van der Waals surface area contributed by atoms with Gasteiger partial charge in [-0.05, 0) is 55.9 Å². The molecule has 2 bridgehead atoms. The SMILES string of the molecule is CCCC(CNCCOC)C1CC2CCC1C2. The van der Waals surface area contributed by atoms with Gasteiger partial charge in [0.25, 0.3) is 0 Å². The van der Waals surface area contributed by atoms with Crippen molar-refractivity contribution in [3.8, 4) is 0 Å². The second kappa shape index (κ2) is 6.75. The van der Waals surface area contributed by atoms with Gasteiger partial charge in [0.05, 0.1) is 6.61 Å². The van der Waals surface area contributed by atoms with E-state index in [0.717, 1.165) is 36.8 Å². The predicted octanol–water partition coefficient (Wildman–Crippen LogP) is 3.07. The summed E-state index contributed by atoms with van der Waals surface area (Å²) in [6.45, 7) is 5.40. The average Bonchev–Trinajstić information content (AvgIpc) is 2.95. The number of hydrogen-bond acceptors (Lipinski definition) is 2. The molecule has 2 aliphatic rings. The van der Waals surface area contributed by atoms with E-state index in [1.807, 2.05) is 0 Å². The minimum absolute atomic E-state index is 0.843. The van der Waals surface area contributed by atoms with Crippen LogP contribution in [0.25, 0.3) is 0 Å². The van der Waals surface area contributed by atoms with Gasteiger partial charge in [-0.15, -0.1) is 0 Å². The molecule has 0 aliphatic heterocycles. The second-order valence-electron chi connectivity index (χ2n) is 6.08. The Balaban J connectivity index is 1.76. The van der Waals surface area contributed by atoms with E-state index in [9.17, 15) is 0 Å². The van der Waals surface area contributed by atoms with Crippen LogP contribution in [0.2, 0.25) is 0 Å². The smallest absolute Gasteiger partial charge is 0.0587 e. The highest BCUT2D eigenvalue weighted by Gasteiger charge is 2.42. The van der Waals surface area contributed by atoms with Gasteiger partial charge in [-0.3, -0.25) is 0 Å². The Hall–Kier alpha value is -0.0800. The molecule has 0 spiro atoms. The number of fused-ring (bicyclic) bond motifs is 2. The Labute approximate surface area is 107 Å². The van der Waals surface area contributed by atoms with Crippen LogP contribution < -0.4 is 5.32 Å². The summed E-state index contributed by atoms with van der Waals surface area (Å²) in [7, 11) is 1.78. The van der Waals surface area contributed by atoms with Crippen LogP contribution in [0.1, 0.15) is 45.4 Å². The van der Waals surface area contributed by atoms with Gasteiger partial charge >= 0.3 is 0 Å². The fourth-order valence-electron chi connectivity index (χ4n) is 4.17. The van der Waals surface area contributed by atoms with Crippen molar-refractivity contribution in [2.75, 3.05) is 26.8 Å². The lowest BCUT2D eigenvalue weighted by Crippen LogP contribution is -2.32. The largest absolute Gasteiger partial charge is 0.383 e. The van der Waals surface area contributed by atoms with E-state index in [2.05, 4.69) is 12.2 Å². The lowest BCUT2D eigenvalue weighted by atomic mass is 9.77. The Morgan fingerprint density at radius 3 is 2.76 bits per heavy atom. The van der Waals surface area contributed by atoms with Crippen molar-refractivity contribution in [3.05, 3.63) is 0 Å². The summed E-state index contributed by atoms with van der Waals surface area (Å²) in [5, 5.41) is 3.58. The van der Waals surface area contributed by atoms with Crippen molar-refractivity contribution in [1.82, 2.24) is 5.32 Å². The first-order valence-electron chi connectivity index (χ1n) is 7.54. The van der Waals surface area contributed by atoms with Crippen LogP contribution in [0.4, 0.5) is 0 Å². The van der Waals surface area contributed by atoms with Gasteiger partial charge in [0.2, 0.25) is 0 Å². The fourth-order valence-corrected chi connectivity index (χ4v) is 4.17. The molecule has 4 unspecified atom stereocenters. The van der Waals surface area contributed by atoms with Gasteiger partial charge in [-0.2, -0.15) is 0 Å². The molecule has 1 N–H and O–H groups in total. The van der Waals surface area contributed by atoms with Crippen molar-refractivity contribution in [1.29, 1.82) is 0 Å². The van der Waals surface area contributed by atoms with Crippen LogP contribution in [0.15, 0.2) is 0 Å². The first-order valence-corrected chi connectivity index (χ1v) is 7.54. The van der Waals surface area contributed by atoms with Crippen LogP contribution in [-0.2, 0) is 4.74 Å². The van der Waals surface area contributed by atoms with E-state index in [1.165, 1.54) is 38.6 Å². The van der Waals surface area contributed by atoms with Crippen molar-refractivity contribution in [2.24, 2.45) is 23.7 Å². The highest BCUT2D eigenvalue weighted by atomic mass is 16.5. The van der Waals surface area contributed by atoms with Crippen LogP contribution >= 0.6 is 0 Å². The summed E-state index contributed by atoms with van der Waals surface area (Å²) in [6.07, 6.45) is 8.87. The number of ether oxygens (including phenoxy) is 1. The zero-order chi connectivity index (χ0) is 12.1. The number of methoxy groups -OCH3 is 1. The van der Waals surface area contributed by atoms with Gasteiger partial charge in [-0.1, -0.05) is 19.8 Å². The first kappa shape index (κ1) is 13.4. The Morgan fingerprint density at radius 2 is 2.18 bits per heavy atom. The van der Waals surface area contributed by atoms with Crippen LogP contribution in [0, 0.1) is 23.7 Å². The van der Waals surface area contributed by atoms with E-state index in [1.54, 1.807) is 13.5 Å².